The van der Waals surface area contributed by atoms with Gasteiger partial charge in [0.15, 0.2) is 11.5 Å². The van der Waals surface area contributed by atoms with E-state index in [9.17, 15) is 4.79 Å². The van der Waals surface area contributed by atoms with Crippen molar-refractivity contribution in [2.45, 2.75) is 6.92 Å². The zero-order valence-electron chi connectivity index (χ0n) is 17.4. The van der Waals surface area contributed by atoms with Gasteiger partial charge in [0.25, 0.3) is 5.91 Å². The number of aromatic amines is 1. The number of morpholine rings is 1. The lowest BCUT2D eigenvalue weighted by molar-refractivity contribution is 0.0298. The van der Waals surface area contributed by atoms with Crippen LogP contribution in [0, 0.1) is 0 Å². The molecule has 2 aliphatic heterocycles. The quantitative estimate of drug-likeness (QED) is 0.580. The van der Waals surface area contributed by atoms with Crippen LogP contribution in [-0.2, 0) is 4.74 Å². The molecule has 2 aliphatic rings. The third-order valence-corrected chi connectivity index (χ3v) is 5.38. The normalized spacial score (nSPS) is 15.7. The Morgan fingerprint density at radius 2 is 1.90 bits per heavy atom. The van der Waals surface area contributed by atoms with Gasteiger partial charge in [-0.15, -0.1) is 0 Å². The summed E-state index contributed by atoms with van der Waals surface area (Å²) in [5, 5.41) is 7.73. The second-order valence-corrected chi connectivity index (χ2v) is 7.37. The molecule has 2 aromatic heterocycles. The highest BCUT2D eigenvalue weighted by molar-refractivity contribution is 5.99. The Labute approximate surface area is 179 Å². The van der Waals surface area contributed by atoms with Crippen molar-refractivity contribution in [3.05, 3.63) is 36.0 Å². The monoisotopic (exact) mass is 423 g/mol. The van der Waals surface area contributed by atoms with Crippen molar-refractivity contribution in [3.63, 3.8) is 0 Å². The van der Waals surface area contributed by atoms with E-state index in [0.29, 0.717) is 68.1 Å². The minimum absolute atomic E-state index is 0.0723. The molecule has 4 heterocycles. The predicted molar refractivity (Wildman–Crippen MR) is 118 cm³/mol. The highest BCUT2D eigenvalue weighted by Crippen LogP contribution is 2.42. The molecule has 5 rings (SSSR count). The van der Waals surface area contributed by atoms with Crippen LogP contribution in [0.15, 0.2) is 30.5 Å². The number of hydrogen-bond donors (Lipinski definition) is 3. The molecule has 0 saturated carbocycles. The van der Waals surface area contributed by atoms with Crippen molar-refractivity contribution >= 4 is 34.1 Å². The first-order valence-electron chi connectivity index (χ1n) is 10.5. The Bertz CT molecular complexity index is 1110. The first kappa shape index (κ1) is 19.5. The number of rotatable bonds is 5. The number of hydrogen-bond acceptors (Lipinski definition) is 7. The van der Waals surface area contributed by atoms with E-state index in [0.717, 1.165) is 23.3 Å². The SMILES string of the molecule is CCNc1cc(Nc2ccc(C(=O)N3CCOCC3)c3c2OCCO3)nc2[nH]ccc12. The minimum Gasteiger partial charge on any atom is -0.485 e. The number of H-pyrrole nitrogens is 1. The van der Waals surface area contributed by atoms with Crippen LogP contribution in [0.25, 0.3) is 11.0 Å². The molecule has 3 aromatic rings. The first-order valence-corrected chi connectivity index (χ1v) is 10.5. The Balaban J connectivity index is 1.49. The number of nitrogens with one attached hydrogen (secondary N) is 3. The number of nitrogens with zero attached hydrogens (tertiary/aromatic N) is 2. The summed E-state index contributed by atoms with van der Waals surface area (Å²) in [4.78, 5) is 22.7. The van der Waals surface area contributed by atoms with Gasteiger partial charge in [-0.1, -0.05) is 0 Å². The van der Waals surface area contributed by atoms with Crippen molar-refractivity contribution in [2.24, 2.45) is 0 Å². The largest absolute Gasteiger partial charge is 0.485 e. The fraction of sp³-hybridized carbons (Fsp3) is 0.364. The average Bonchev–Trinajstić information content (AvgIpc) is 3.29. The molecule has 162 valence electrons. The summed E-state index contributed by atoms with van der Waals surface area (Å²) in [6, 6.07) is 7.58. The Kier molecular flexibility index (Phi) is 5.25. The van der Waals surface area contributed by atoms with Gasteiger partial charge in [-0.2, -0.15) is 0 Å². The van der Waals surface area contributed by atoms with Gasteiger partial charge in [0.05, 0.1) is 24.5 Å². The van der Waals surface area contributed by atoms with Crippen molar-refractivity contribution in [2.75, 3.05) is 56.7 Å². The highest BCUT2D eigenvalue weighted by Gasteiger charge is 2.28. The average molecular weight is 423 g/mol. The molecule has 3 N–H and O–H groups in total. The highest BCUT2D eigenvalue weighted by atomic mass is 16.6. The minimum atomic E-state index is -0.0723. The van der Waals surface area contributed by atoms with Crippen LogP contribution in [0.1, 0.15) is 17.3 Å². The summed E-state index contributed by atoms with van der Waals surface area (Å²) in [7, 11) is 0. The van der Waals surface area contributed by atoms with Crippen LogP contribution >= 0.6 is 0 Å². The molecule has 9 heteroatoms. The number of fused-ring (bicyclic) bond motifs is 2. The number of carbonyl (C=O) groups excluding carboxylic acids is 1. The van der Waals surface area contributed by atoms with E-state index >= 15 is 0 Å². The lowest BCUT2D eigenvalue weighted by Crippen LogP contribution is -2.41. The molecule has 1 amide bonds. The maximum absolute atomic E-state index is 13.1. The maximum atomic E-state index is 13.1. The van der Waals surface area contributed by atoms with Gasteiger partial charge in [-0.25, -0.2) is 4.98 Å². The molecule has 1 fully saturated rings. The smallest absolute Gasteiger partial charge is 0.257 e. The van der Waals surface area contributed by atoms with Crippen LogP contribution in [0.5, 0.6) is 11.5 Å². The molecule has 0 aliphatic carbocycles. The summed E-state index contributed by atoms with van der Waals surface area (Å²) in [6.07, 6.45) is 1.87. The summed E-state index contributed by atoms with van der Waals surface area (Å²) in [6.45, 7) is 5.91. The summed E-state index contributed by atoms with van der Waals surface area (Å²) >= 11 is 0. The number of aromatic nitrogens is 2. The molecule has 1 saturated heterocycles. The predicted octanol–water partition coefficient (Wildman–Crippen LogP) is 2.98. The number of carbonyl (C=O) groups is 1. The molecule has 1 aromatic carbocycles. The van der Waals surface area contributed by atoms with Gasteiger partial charge in [-0.05, 0) is 25.1 Å². The fourth-order valence-corrected chi connectivity index (χ4v) is 3.92. The number of anilines is 3. The van der Waals surface area contributed by atoms with Gasteiger partial charge in [-0.3, -0.25) is 4.79 Å². The number of amides is 1. The number of benzene rings is 1. The summed E-state index contributed by atoms with van der Waals surface area (Å²) in [5.74, 6) is 1.59. The van der Waals surface area contributed by atoms with Crippen LogP contribution in [0.4, 0.5) is 17.2 Å². The van der Waals surface area contributed by atoms with E-state index in [-0.39, 0.29) is 5.91 Å². The summed E-state index contributed by atoms with van der Waals surface area (Å²) in [5.41, 5.74) is 2.98. The molecular weight excluding hydrogens is 398 g/mol. The van der Waals surface area contributed by atoms with E-state index in [2.05, 4.69) is 27.5 Å². The van der Waals surface area contributed by atoms with E-state index in [1.54, 1.807) is 11.0 Å². The zero-order chi connectivity index (χ0) is 21.2. The summed E-state index contributed by atoms with van der Waals surface area (Å²) < 4.78 is 17.2. The van der Waals surface area contributed by atoms with Gasteiger partial charge < -0.3 is 34.7 Å². The van der Waals surface area contributed by atoms with E-state index < -0.39 is 0 Å². The molecule has 0 spiro atoms. The molecule has 0 unspecified atom stereocenters. The van der Waals surface area contributed by atoms with Gasteiger partial charge in [0, 0.05) is 43.0 Å². The van der Waals surface area contributed by atoms with Crippen LogP contribution < -0.4 is 20.1 Å². The first-order chi connectivity index (χ1) is 15.2. The zero-order valence-corrected chi connectivity index (χ0v) is 17.4. The van der Waals surface area contributed by atoms with Crippen LogP contribution in [-0.4, -0.2) is 66.8 Å². The third kappa shape index (κ3) is 3.72. The van der Waals surface area contributed by atoms with Crippen LogP contribution in [0.3, 0.4) is 0 Å². The Hall–Kier alpha value is -3.46. The molecule has 0 bridgehead atoms. The lowest BCUT2D eigenvalue weighted by Gasteiger charge is -2.29. The topological polar surface area (TPSA) is 101 Å². The Morgan fingerprint density at radius 3 is 2.71 bits per heavy atom. The third-order valence-electron chi connectivity index (χ3n) is 5.38. The molecular formula is C22H25N5O4. The van der Waals surface area contributed by atoms with Crippen molar-refractivity contribution in [1.29, 1.82) is 0 Å². The van der Waals surface area contributed by atoms with Crippen LogP contribution in [0.2, 0.25) is 0 Å². The lowest BCUT2D eigenvalue weighted by atomic mass is 10.1. The molecule has 9 nitrogen and oxygen atoms in total. The second kappa shape index (κ2) is 8.35. The number of pyridine rings is 1. The van der Waals surface area contributed by atoms with Crippen molar-refractivity contribution in [3.8, 4) is 11.5 Å². The van der Waals surface area contributed by atoms with Gasteiger partial charge in [0.2, 0.25) is 0 Å². The molecule has 0 atom stereocenters. The van der Waals surface area contributed by atoms with Crippen molar-refractivity contribution in [1.82, 2.24) is 14.9 Å². The van der Waals surface area contributed by atoms with Gasteiger partial charge >= 0.3 is 0 Å². The molecule has 31 heavy (non-hydrogen) atoms. The molecule has 0 radical (unpaired) electrons. The van der Waals surface area contributed by atoms with E-state index in [1.165, 1.54) is 0 Å². The van der Waals surface area contributed by atoms with E-state index in [1.807, 2.05) is 24.4 Å². The fourth-order valence-electron chi connectivity index (χ4n) is 3.92. The standard InChI is InChI=1S/C22H25N5O4/c1-2-23-17-13-18(26-21-14(17)5-6-24-21)25-16-4-3-15(19-20(16)31-12-11-30-19)22(28)27-7-9-29-10-8-27/h3-6,13H,2,7-12H2,1H3,(H3,23,24,25,26). The number of ether oxygens (including phenoxy) is 3. The Morgan fingerprint density at radius 1 is 1.10 bits per heavy atom. The second-order valence-electron chi connectivity index (χ2n) is 7.37. The van der Waals surface area contributed by atoms with E-state index in [4.69, 9.17) is 14.2 Å². The van der Waals surface area contributed by atoms with Gasteiger partial charge in [0.1, 0.15) is 24.7 Å². The van der Waals surface area contributed by atoms with Crippen molar-refractivity contribution < 1.29 is 19.0 Å². The maximum Gasteiger partial charge on any atom is 0.257 e.